The molecule has 8 nitrogen and oxygen atoms in total. The molecule has 0 radical (unpaired) electrons. The van der Waals surface area contributed by atoms with Crippen LogP contribution in [0.5, 0.6) is 11.5 Å². The molecule has 1 aromatic heterocycles. The second-order valence-electron chi connectivity index (χ2n) is 9.66. The lowest BCUT2D eigenvalue weighted by molar-refractivity contribution is -0.118. The summed E-state index contributed by atoms with van der Waals surface area (Å²) >= 11 is 6.24. The Morgan fingerprint density at radius 3 is 2.57 bits per heavy atom. The Bertz CT molecular complexity index is 1260. The summed E-state index contributed by atoms with van der Waals surface area (Å²) < 4.78 is 11.0. The zero-order valence-electron chi connectivity index (χ0n) is 21.5. The van der Waals surface area contributed by atoms with Gasteiger partial charge in [0.25, 0.3) is 5.91 Å². The summed E-state index contributed by atoms with van der Waals surface area (Å²) in [6, 6.07) is 11.5. The summed E-state index contributed by atoms with van der Waals surface area (Å²) in [7, 11) is 0. The number of aryl methyl sites for hydroxylation is 1. The monoisotopic (exact) mass is 523 g/mol. The average molecular weight is 524 g/mol. The number of rotatable bonds is 8. The number of ether oxygens (including phenoxy) is 2. The number of likely N-dealkylation sites (tertiary alicyclic amines) is 1. The number of benzene rings is 2. The van der Waals surface area contributed by atoms with Crippen molar-refractivity contribution in [2.75, 3.05) is 49.6 Å². The average Bonchev–Trinajstić information content (AvgIpc) is 3.44. The molecule has 5 rings (SSSR count). The van der Waals surface area contributed by atoms with Crippen molar-refractivity contribution in [2.45, 2.75) is 45.6 Å². The van der Waals surface area contributed by atoms with Crippen LogP contribution in [0.3, 0.4) is 0 Å². The number of hydrogen-bond donors (Lipinski definition) is 1. The van der Waals surface area contributed by atoms with Gasteiger partial charge < -0.3 is 24.6 Å². The van der Waals surface area contributed by atoms with Crippen molar-refractivity contribution in [2.24, 2.45) is 0 Å². The van der Waals surface area contributed by atoms with Crippen LogP contribution < -0.4 is 19.7 Å². The molecule has 0 unspecified atom stereocenters. The first-order chi connectivity index (χ1) is 18.0. The van der Waals surface area contributed by atoms with E-state index in [1.807, 2.05) is 32.0 Å². The first-order valence-electron chi connectivity index (χ1n) is 13.1. The minimum Gasteiger partial charge on any atom is -0.494 e. The Balaban J connectivity index is 1.19. The van der Waals surface area contributed by atoms with Crippen LogP contribution in [0.4, 0.5) is 11.6 Å². The van der Waals surface area contributed by atoms with Gasteiger partial charge in [-0.05, 0) is 83.0 Å². The standard InChI is InChI=1S/C28H34ClN5O3/c1-3-36-22-7-9-26(24(29)17-22)37-18-27(35)31-20-6-8-25-23(16-20)19(2)30-28(32-25)34-14-10-21(11-15-34)33-12-4-5-13-33/h6-9,16-17,21H,3-5,10-15,18H2,1-2H3,(H,31,35). The largest absolute Gasteiger partial charge is 0.494 e. The Morgan fingerprint density at radius 1 is 1.05 bits per heavy atom. The number of amides is 1. The minimum atomic E-state index is -0.277. The number of hydrogen-bond acceptors (Lipinski definition) is 7. The molecule has 0 aliphatic carbocycles. The zero-order chi connectivity index (χ0) is 25.8. The normalized spacial score (nSPS) is 16.8. The maximum absolute atomic E-state index is 12.5. The Labute approximate surface area is 222 Å². The van der Waals surface area contributed by atoms with Crippen molar-refractivity contribution >= 4 is 40.0 Å². The molecule has 0 saturated carbocycles. The molecule has 3 heterocycles. The topological polar surface area (TPSA) is 79.8 Å². The minimum absolute atomic E-state index is 0.159. The SMILES string of the molecule is CCOc1ccc(OCC(=O)Nc2ccc3nc(N4CCC(N5CCCC5)CC4)nc(C)c3c2)c(Cl)c1. The summed E-state index contributed by atoms with van der Waals surface area (Å²) in [5.41, 5.74) is 2.44. The summed E-state index contributed by atoms with van der Waals surface area (Å²) in [4.78, 5) is 27.1. The van der Waals surface area contributed by atoms with Crippen molar-refractivity contribution in [1.82, 2.24) is 14.9 Å². The molecule has 2 aliphatic heterocycles. The highest BCUT2D eigenvalue weighted by atomic mass is 35.5. The summed E-state index contributed by atoms with van der Waals surface area (Å²) in [6.45, 7) is 8.75. The molecular formula is C28H34ClN5O3. The molecule has 0 bridgehead atoms. The number of nitrogens with one attached hydrogen (secondary N) is 1. The molecule has 2 saturated heterocycles. The molecule has 37 heavy (non-hydrogen) atoms. The van der Waals surface area contributed by atoms with E-state index < -0.39 is 0 Å². The number of nitrogens with zero attached hydrogens (tertiary/aromatic N) is 4. The quantitative estimate of drug-likeness (QED) is 0.441. The number of piperidine rings is 1. The summed E-state index contributed by atoms with van der Waals surface area (Å²) in [5.74, 6) is 1.61. The van der Waals surface area contributed by atoms with E-state index in [1.54, 1.807) is 18.2 Å². The van der Waals surface area contributed by atoms with Gasteiger partial charge in [0.15, 0.2) is 6.61 Å². The fourth-order valence-electron chi connectivity index (χ4n) is 5.22. The van der Waals surface area contributed by atoms with Gasteiger partial charge in [-0.25, -0.2) is 9.97 Å². The first-order valence-corrected chi connectivity index (χ1v) is 13.5. The number of carbonyl (C=O) groups excluding carboxylic acids is 1. The van der Waals surface area contributed by atoms with Gasteiger partial charge in [0.05, 0.1) is 22.8 Å². The first kappa shape index (κ1) is 25.5. The lowest BCUT2D eigenvalue weighted by Gasteiger charge is -2.36. The van der Waals surface area contributed by atoms with Gasteiger partial charge in [-0.3, -0.25) is 4.79 Å². The molecular weight excluding hydrogens is 490 g/mol. The van der Waals surface area contributed by atoms with E-state index in [1.165, 1.54) is 25.9 Å². The van der Waals surface area contributed by atoms with E-state index in [-0.39, 0.29) is 12.5 Å². The van der Waals surface area contributed by atoms with Crippen LogP contribution >= 0.6 is 11.6 Å². The molecule has 1 N–H and O–H groups in total. The van der Waals surface area contributed by atoms with Crippen LogP contribution in [0.2, 0.25) is 5.02 Å². The third kappa shape index (κ3) is 6.08. The smallest absolute Gasteiger partial charge is 0.262 e. The maximum Gasteiger partial charge on any atom is 0.262 e. The molecule has 0 atom stereocenters. The van der Waals surface area contributed by atoms with Gasteiger partial charge >= 0.3 is 0 Å². The van der Waals surface area contributed by atoms with E-state index in [9.17, 15) is 4.79 Å². The number of fused-ring (bicyclic) bond motifs is 1. The molecule has 1 amide bonds. The van der Waals surface area contributed by atoms with Crippen molar-refractivity contribution in [3.63, 3.8) is 0 Å². The molecule has 0 spiro atoms. The highest BCUT2D eigenvalue weighted by molar-refractivity contribution is 6.32. The van der Waals surface area contributed by atoms with Crippen LogP contribution in [0, 0.1) is 6.92 Å². The van der Waals surface area contributed by atoms with Crippen LogP contribution in [0.1, 0.15) is 38.3 Å². The third-order valence-electron chi connectivity index (χ3n) is 7.14. The number of anilines is 2. The Kier molecular flexibility index (Phi) is 7.96. The van der Waals surface area contributed by atoms with Crippen molar-refractivity contribution in [3.05, 3.63) is 47.1 Å². The predicted molar refractivity (Wildman–Crippen MR) is 147 cm³/mol. The zero-order valence-corrected chi connectivity index (χ0v) is 22.3. The lowest BCUT2D eigenvalue weighted by atomic mass is 10.0. The van der Waals surface area contributed by atoms with E-state index in [0.29, 0.717) is 34.9 Å². The third-order valence-corrected chi connectivity index (χ3v) is 7.43. The lowest BCUT2D eigenvalue weighted by Crippen LogP contribution is -2.44. The van der Waals surface area contributed by atoms with Crippen LogP contribution in [-0.4, -0.2) is 66.2 Å². The highest BCUT2D eigenvalue weighted by Crippen LogP contribution is 2.29. The van der Waals surface area contributed by atoms with Crippen LogP contribution in [-0.2, 0) is 4.79 Å². The predicted octanol–water partition coefficient (Wildman–Crippen LogP) is 5.07. The maximum atomic E-state index is 12.5. The Morgan fingerprint density at radius 2 is 1.84 bits per heavy atom. The van der Waals surface area contributed by atoms with Crippen molar-refractivity contribution in [1.29, 1.82) is 0 Å². The van der Waals surface area contributed by atoms with E-state index >= 15 is 0 Å². The van der Waals surface area contributed by atoms with Crippen LogP contribution in [0.15, 0.2) is 36.4 Å². The van der Waals surface area contributed by atoms with Crippen LogP contribution in [0.25, 0.3) is 10.9 Å². The molecule has 2 aromatic carbocycles. The summed E-state index contributed by atoms with van der Waals surface area (Å²) in [6.07, 6.45) is 4.99. The number of carbonyl (C=O) groups is 1. The van der Waals surface area contributed by atoms with E-state index in [0.717, 1.165) is 48.5 Å². The summed E-state index contributed by atoms with van der Waals surface area (Å²) in [5, 5.41) is 4.21. The van der Waals surface area contributed by atoms with Crippen molar-refractivity contribution < 1.29 is 14.3 Å². The van der Waals surface area contributed by atoms with E-state index in [4.69, 9.17) is 31.0 Å². The number of halogens is 1. The fraction of sp³-hybridized carbons (Fsp3) is 0.464. The highest BCUT2D eigenvalue weighted by Gasteiger charge is 2.27. The molecule has 2 fully saturated rings. The van der Waals surface area contributed by atoms with Gasteiger partial charge in [0, 0.05) is 36.3 Å². The molecule has 2 aliphatic rings. The van der Waals surface area contributed by atoms with Gasteiger partial charge in [-0.15, -0.1) is 0 Å². The van der Waals surface area contributed by atoms with Gasteiger partial charge in [0.1, 0.15) is 11.5 Å². The number of aromatic nitrogens is 2. The fourth-order valence-corrected chi connectivity index (χ4v) is 5.44. The van der Waals surface area contributed by atoms with Crippen molar-refractivity contribution in [3.8, 4) is 11.5 Å². The molecule has 3 aromatic rings. The second-order valence-corrected chi connectivity index (χ2v) is 10.1. The van der Waals surface area contributed by atoms with Gasteiger partial charge in [-0.2, -0.15) is 0 Å². The Hall–Kier alpha value is -3.10. The van der Waals surface area contributed by atoms with Gasteiger partial charge in [0.2, 0.25) is 5.95 Å². The second kappa shape index (κ2) is 11.5. The molecule has 196 valence electrons. The van der Waals surface area contributed by atoms with Gasteiger partial charge in [-0.1, -0.05) is 11.6 Å². The van der Waals surface area contributed by atoms with E-state index in [2.05, 4.69) is 15.1 Å². The molecule has 9 heteroatoms.